The van der Waals surface area contributed by atoms with Crippen molar-refractivity contribution in [3.63, 3.8) is 0 Å². The minimum atomic E-state index is 0. The van der Waals surface area contributed by atoms with Crippen molar-refractivity contribution in [2.45, 2.75) is 20.3 Å². The van der Waals surface area contributed by atoms with Crippen LogP contribution in [0.5, 0.6) is 0 Å². The monoisotopic (exact) mass is 52.1 g/mol. The van der Waals surface area contributed by atoms with Crippen LogP contribution in [0, 0.1) is 0 Å². The zero-order chi connectivity index (χ0) is 2.71. The van der Waals surface area contributed by atoms with Crippen LogP contribution < -0.4 is 0 Å². The van der Waals surface area contributed by atoms with E-state index in [0.29, 0.717) is 0 Å². The fourth-order valence-electron chi connectivity index (χ4n) is 0. The summed E-state index contributed by atoms with van der Waals surface area (Å²) in [6.45, 7) is 4.25. The van der Waals surface area contributed by atoms with Gasteiger partial charge in [0.15, 0.2) is 0 Å². The molecule has 1 heteroatoms. The van der Waals surface area contributed by atoms with Gasteiger partial charge in [-0.25, -0.2) is 0 Å². The second-order valence-corrected chi connectivity index (χ2v) is 0.707. The molecule has 0 rings (SSSR count). The van der Waals surface area contributed by atoms with Gasteiger partial charge in [0.2, 0.25) is 0 Å². The van der Waals surface area contributed by atoms with Crippen LogP contribution in [0.15, 0.2) is 0 Å². The first kappa shape index (κ1) is 8.82. The fraction of sp³-hybridized carbons (Fsp3) is 1.00. The second-order valence-electron chi connectivity index (χ2n) is 0.707. The van der Waals surface area contributed by atoms with Crippen LogP contribution in [0.4, 0.5) is 0 Å². The molecule has 0 fully saturated rings. The molecular weight excluding hydrogens is 43.0 g/mol. The number of hydrogen-bond donors (Lipinski definition) is 0. The maximum atomic E-state index is 2.12. The third-order valence-corrected chi connectivity index (χ3v) is 0. The van der Waals surface area contributed by atoms with Gasteiger partial charge in [0, 0.05) is 0 Å². The van der Waals surface area contributed by atoms with Crippen molar-refractivity contribution >= 4 is 18.9 Å². The fourth-order valence-corrected chi connectivity index (χ4v) is 0. The third-order valence-electron chi connectivity index (χ3n) is 0. The summed E-state index contributed by atoms with van der Waals surface area (Å²) >= 11 is 0. The van der Waals surface area contributed by atoms with Crippen LogP contribution in [-0.2, 0) is 0 Å². The van der Waals surface area contributed by atoms with Gasteiger partial charge in [-0.1, -0.05) is 20.3 Å². The van der Waals surface area contributed by atoms with E-state index in [1.165, 1.54) is 6.42 Å². The molecule has 0 heterocycles. The van der Waals surface area contributed by atoms with E-state index < -0.39 is 0 Å². The third kappa shape index (κ3) is 18.6. The van der Waals surface area contributed by atoms with Crippen molar-refractivity contribution < 1.29 is 0 Å². The maximum absolute atomic E-state index is 2.12. The molecule has 0 radical (unpaired) electrons. The standard InChI is InChI=1S/C3H8.Li.H/c1-3-2;;/h3H2,1-2H3;;. The van der Waals surface area contributed by atoms with E-state index in [-0.39, 0.29) is 18.9 Å². The Hall–Kier alpha value is 0.597. The summed E-state index contributed by atoms with van der Waals surface area (Å²) < 4.78 is 0. The SMILES string of the molecule is CCC.[LiH]. The van der Waals surface area contributed by atoms with Crippen molar-refractivity contribution in [3.8, 4) is 0 Å². The normalized spacial score (nSPS) is 4.50. The predicted octanol–water partition coefficient (Wildman–Crippen LogP) is 0.768. The molecule has 0 N–H and O–H groups in total. The summed E-state index contributed by atoms with van der Waals surface area (Å²) in [4.78, 5) is 0. The molecule has 0 bridgehead atoms. The van der Waals surface area contributed by atoms with Gasteiger partial charge in [-0.3, -0.25) is 0 Å². The van der Waals surface area contributed by atoms with Crippen molar-refractivity contribution in [1.29, 1.82) is 0 Å². The first-order valence-electron chi connectivity index (χ1n) is 1.41. The van der Waals surface area contributed by atoms with E-state index in [0.717, 1.165) is 0 Å². The number of hydrogen-bond acceptors (Lipinski definition) is 0. The first-order valence-corrected chi connectivity index (χ1v) is 1.41. The summed E-state index contributed by atoms with van der Waals surface area (Å²) in [7, 11) is 0. The van der Waals surface area contributed by atoms with Crippen molar-refractivity contribution in [2.24, 2.45) is 0 Å². The Labute approximate surface area is 39.8 Å². The Morgan fingerprint density at radius 3 is 1.25 bits per heavy atom. The Morgan fingerprint density at radius 2 is 1.25 bits per heavy atom. The zero-order valence-electron chi connectivity index (χ0n) is 2.71. The van der Waals surface area contributed by atoms with Crippen LogP contribution in [-0.4, -0.2) is 18.9 Å². The average Bonchev–Trinajstić information content (AvgIpc) is 0.918. The van der Waals surface area contributed by atoms with Gasteiger partial charge in [-0.2, -0.15) is 0 Å². The first-order chi connectivity index (χ1) is 1.41. The number of rotatable bonds is 0. The Bertz CT molecular complexity index is 3.25. The molecule has 0 unspecified atom stereocenters. The molecule has 0 aromatic carbocycles. The van der Waals surface area contributed by atoms with Crippen LogP contribution in [0.3, 0.4) is 0 Å². The molecule has 0 saturated heterocycles. The van der Waals surface area contributed by atoms with E-state index in [2.05, 4.69) is 13.8 Å². The van der Waals surface area contributed by atoms with Gasteiger partial charge < -0.3 is 0 Å². The molecule has 4 heavy (non-hydrogen) atoms. The molecule has 0 aliphatic carbocycles. The molecule has 0 saturated carbocycles. The molecule has 22 valence electrons. The molecule has 0 nitrogen and oxygen atoms in total. The van der Waals surface area contributed by atoms with E-state index in [4.69, 9.17) is 0 Å². The molecular formula is C3H9Li. The van der Waals surface area contributed by atoms with Crippen LogP contribution in [0.25, 0.3) is 0 Å². The summed E-state index contributed by atoms with van der Waals surface area (Å²) in [5.41, 5.74) is 0. The van der Waals surface area contributed by atoms with Gasteiger partial charge in [-0.05, 0) is 0 Å². The Morgan fingerprint density at radius 1 is 1.25 bits per heavy atom. The zero-order valence-corrected chi connectivity index (χ0v) is 2.71. The van der Waals surface area contributed by atoms with Crippen molar-refractivity contribution in [2.75, 3.05) is 0 Å². The summed E-state index contributed by atoms with van der Waals surface area (Å²) in [6.07, 6.45) is 1.25. The molecule has 0 aromatic rings. The molecule has 0 spiro atoms. The van der Waals surface area contributed by atoms with E-state index in [1.54, 1.807) is 0 Å². The van der Waals surface area contributed by atoms with E-state index in [1.807, 2.05) is 0 Å². The van der Waals surface area contributed by atoms with Crippen LogP contribution >= 0.6 is 0 Å². The quantitative estimate of drug-likeness (QED) is 0.357. The molecule has 0 amide bonds. The van der Waals surface area contributed by atoms with Gasteiger partial charge in [0.25, 0.3) is 0 Å². The second kappa shape index (κ2) is 9.51. The van der Waals surface area contributed by atoms with Crippen LogP contribution in [0.1, 0.15) is 20.3 Å². The van der Waals surface area contributed by atoms with Gasteiger partial charge in [-0.15, -0.1) is 0 Å². The average molecular weight is 52.0 g/mol. The predicted molar refractivity (Wildman–Crippen MR) is 23.1 cm³/mol. The van der Waals surface area contributed by atoms with Crippen molar-refractivity contribution in [3.05, 3.63) is 0 Å². The van der Waals surface area contributed by atoms with E-state index in [9.17, 15) is 0 Å². The van der Waals surface area contributed by atoms with E-state index >= 15 is 0 Å². The minimum absolute atomic E-state index is 0. The summed E-state index contributed by atoms with van der Waals surface area (Å²) in [6, 6.07) is 0. The summed E-state index contributed by atoms with van der Waals surface area (Å²) in [5, 5.41) is 0. The molecule has 0 aliphatic rings. The topological polar surface area (TPSA) is 0 Å². The van der Waals surface area contributed by atoms with Crippen molar-refractivity contribution in [1.82, 2.24) is 0 Å². The Kier molecular flexibility index (Phi) is 21.0. The van der Waals surface area contributed by atoms with Crippen LogP contribution in [0.2, 0.25) is 0 Å². The molecule has 0 atom stereocenters. The Balaban J connectivity index is 0. The molecule has 0 aromatic heterocycles. The van der Waals surface area contributed by atoms with Gasteiger partial charge in [0.05, 0.1) is 0 Å². The summed E-state index contributed by atoms with van der Waals surface area (Å²) in [5.74, 6) is 0. The van der Waals surface area contributed by atoms with Gasteiger partial charge in [0.1, 0.15) is 0 Å². The van der Waals surface area contributed by atoms with Gasteiger partial charge >= 0.3 is 18.9 Å². The molecule has 0 aliphatic heterocycles.